The minimum absolute atomic E-state index is 0.180. The predicted molar refractivity (Wildman–Crippen MR) is 77.8 cm³/mol. The van der Waals surface area contributed by atoms with Crippen LogP contribution in [0.15, 0.2) is 24.3 Å². The summed E-state index contributed by atoms with van der Waals surface area (Å²) in [5, 5.41) is 0.737. The molecule has 0 amide bonds. The molecule has 0 bridgehead atoms. The Balaban J connectivity index is 2.06. The SMILES string of the molecule is CC[C@@H](N)c1ccc(N2CCSC(C)C2)cc1. The summed E-state index contributed by atoms with van der Waals surface area (Å²) in [5.74, 6) is 1.23. The second-order valence-electron chi connectivity index (χ2n) is 4.73. The maximum absolute atomic E-state index is 6.03. The van der Waals surface area contributed by atoms with E-state index in [0.717, 1.165) is 24.8 Å². The Bertz CT molecular complexity index is 350. The number of rotatable bonds is 3. The van der Waals surface area contributed by atoms with Crippen molar-refractivity contribution < 1.29 is 0 Å². The molecule has 1 aliphatic rings. The van der Waals surface area contributed by atoms with E-state index >= 15 is 0 Å². The van der Waals surface area contributed by atoms with E-state index in [2.05, 4.69) is 54.8 Å². The van der Waals surface area contributed by atoms with Crippen LogP contribution in [-0.4, -0.2) is 24.1 Å². The topological polar surface area (TPSA) is 29.3 Å². The van der Waals surface area contributed by atoms with Gasteiger partial charge >= 0.3 is 0 Å². The fraction of sp³-hybridized carbons (Fsp3) is 0.571. The lowest BCUT2D eigenvalue weighted by Gasteiger charge is -2.32. The van der Waals surface area contributed by atoms with Gasteiger partial charge in [-0.15, -0.1) is 0 Å². The zero-order chi connectivity index (χ0) is 12.3. The Hall–Kier alpha value is -0.670. The number of hydrogen-bond donors (Lipinski definition) is 1. The van der Waals surface area contributed by atoms with Crippen LogP contribution in [0.3, 0.4) is 0 Å². The molecule has 2 atom stereocenters. The Morgan fingerprint density at radius 1 is 1.41 bits per heavy atom. The van der Waals surface area contributed by atoms with Crippen molar-refractivity contribution in [2.75, 3.05) is 23.7 Å². The summed E-state index contributed by atoms with van der Waals surface area (Å²) >= 11 is 2.07. The summed E-state index contributed by atoms with van der Waals surface area (Å²) in [6.45, 7) is 6.75. The van der Waals surface area contributed by atoms with Crippen molar-refractivity contribution in [2.45, 2.75) is 31.6 Å². The first-order valence-corrected chi connectivity index (χ1v) is 7.47. The molecule has 0 saturated carbocycles. The minimum atomic E-state index is 0.180. The van der Waals surface area contributed by atoms with Gasteiger partial charge in [-0.2, -0.15) is 11.8 Å². The number of hydrogen-bond acceptors (Lipinski definition) is 3. The highest BCUT2D eigenvalue weighted by atomic mass is 32.2. The molecule has 1 aromatic carbocycles. The van der Waals surface area contributed by atoms with Crippen LogP contribution in [0.2, 0.25) is 0 Å². The number of nitrogens with two attached hydrogens (primary N) is 1. The monoisotopic (exact) mass is 250 g/mol. The standard InChI is InChI=1S/C14H22N2S/c1-3-14(15)12-4-6-13(7-5-12)16-8-9-17-11(2)10-16/h4-7,11,14H,3,8-10,15H2,1-2H3/t11?,14-/m1/s1. The van der Waals surface area contributed by atoms with E-state index in [1.165, 1.54) is 17.0 Å². The van der Waals surface area contributed by atoms with Gasteiger partial charge in [0.25, 0.3) is 0 Å². The first kappa shape index (κ1) is 12.8. The van der Waals surface area contributed by atoms with Crippen molar-refractivity contribution in [2.24, 2.45) is 5.73 Å². The van der Waals surface area contributed by atoms with Crippen LogP contribution in [0.1, 0.15) is 31.9 Å². The lowest BCUT2D eigenvalue weighted by molar-refractivity contribution is 0.698. The van der Waals surface area contributed by atoms with Crippen LogP contribution in [-0.2, 0) is 0 Å². The average molecular weight is 250 g/mol. The fourth-order valence-corrected chi connectivity index (χ4v) is 3.23. The molecule has 2 nitrogen and oxygen atoms in total. The molecule has 3 heteroatoms. The van der Waals surface area contributed by atoms with Gasteiger partial charge in [-0.05, 0) is 24.1 Å². The summed E-state index contributed by atoms with van der Waals surface area (Å²) in [5.41, 5.74) is 8.61. The molecule has 2 N–H and O–H groups in total. The lowest BCUT2D eigenvalue weighted by atomic mass is 10.1. The van der Waals surface area contributed by atoms with E-state index in [1.54, 1.807) is 0 Å². The van der Waals surface area contributed by atoms with E-state index in [-0.39, 0.29) is 6.04 Å². The van der Waals surface area contributed by atoms with Gasteiger partial charge in [-0.3, -0.25) is 0 Å². The first-order chi connectivity index (χ1) is 8.20. The van der Waals surface area contributed by atoms with Crippen molar-refractivity contribution >= 4 is 17.4 Å². The van der Waals surface area contributed by atoms with Crippen molar-refractivity contribution in [1.29, 1.82) is 0 Å². The molecule has 1 saturated heterocycles. The van der Waals surface area contributed by atoms with E-state index in [9.17, 15) is 0 Å². The summed E-state index contributed by atoms with van der Waals surface area (Å²) in [6, 6.07) is 8.97. The molecule has 94 valence electrons. The summed E-state index contributed by atoms with van der Waals surface area (Å²) < 4.78 is 0. The second kappa shape index (κ2) is 5.78. The third-order valence-corrected chi connectivity index (χ3v) is 4.50. The molecule has 0 aliphatic carbocycles. The van der Waals surface area contributed by atoms with Crippen molar-refractivity contribution in [3.63, 3.8) is 0 Å². The quantitative estimate of drug-likeness (QED) is 0.894. The van der Waals surface area contributed by atoms with Gasteiger partial charge in [0.05, 0.1) is 0 Å². The largest absolute Gasteiger partial charge is 0.370 e. The molecule has 0 aromatic heterocycles. The molecular formula is C14H22N2S. The molecule has 2 rings (SSSR count). The smallest absolute Gasteiger partial charge is 0.0367 e. The molecular weight excluding hydrogens is 228 g/mol. The molecule has 1 unspecified atom stereocenters. The normalized spacial score (nSPS) is 22.5. The summed E-state index contributed by atoms with van der Waals surface area (Å²) in [7, 11) is 0. The highest BCUT2D eigenvalue weighted by Gasteiger charge is 2.16. The molecule has 1 fully saturated rings. The van der Waals surface area contributed by atoms with Gasteiger partial charge in [0.15, 0.2) is 0 Å². The van der Waals surface area contributed by atoms with Gasteiger partial charge in [0, 0.05) is 35.8 Å². The van der Waals surface area contributed by atoms with Gasteiger partial charge in [-0.1, -0.05) is 26.0 Å². The lowest BCUT2D eigenvalue weighted by Crippen LogP contribution is -2.36. The van der Waals surface area contributed by atoms with Crippen LogP contribution < -0.4 is 10.6 Å². The molecule has 0 spiro atoms. The Morgan fingerprint density at radius 3 is 2.71 bits per heavy atom. The van der Waals surface area contributed by atoms with E-state index in [0.29, 0.717) is 0 Å². The number of anilines is 1. The fourth-order valence-electron chi connectivity index (χ4n) is 2.22. The second-order valence-corrected chi connectivity index (χ2v) is 6.28. The predicted octanol–water partition coefficient (Wildman–Crippen LogP) is 3.04. The third-order valence-electron chi connectivity index (χ3n) is 3.37. The van der Waals surface area contributed by atoms with Gasteiger partial charge in [-0.25, -0.2) is 0 Å². The third kappa shape index (κ3) is 3.17. The Labute approximate surface area is 109 Å². The van der Waals surface area contributed by atoms with Gasteiger partial charge in [0.2, 0.25) is 0 Å². The van der Waals surface area contributed by atoms with Crippen LogP contribution in [0.25, 0.3) is 0 Å². The first-order valence-electron chi connectivity index (χ1n) is 6.42. The van der Waals surface area contributed by atoms with Crippen molar-refractivity contribution in [3.05, 3.63) is 29.8 Å². The highest BCUT2D eigenvalue weighted by molar-refractivity contribution is 8.00. The maximum Gasteiger partial charge on any atom is 0.0367 e. The summed E-state index contributed by atoms with van der Waals surface area (Å²) in [6.07, 6.45) is 0.997. The average Bonchev–Trinajstić information content (AvgIpc) is 2.38. The van der Waals surface area contributed by atoms with Crippen LogP contribution in [0.5, 0.6) is 0 Å². The van der Waals surface area contributed by atoms with Gasteiger partial charge in [0.1, 0.15) is 0 Å². The minimum Gasteiger partial charge on any atom is -0.370 e. The van der Waals surface area contributed by atoms with Crippen LogP contribution in [0, 0.1) is 0 Å². The van der Waals surface area contributed by atoms with E-state index < -0.39 is 0 Å². The zero-order valence-electron chi connectivity index (χ0n) is 10.7. The molecule has 1 aliphatic heterocycles. The van der Waals surface area contributed by atoms with E-state index in [1.807, 2.05) is 0 Å². The number of thioether (sulfide) groups is 1. The Kier molecular flexibility index (Phi) is 4.35. The molecule has 1 heterocycles. The van der Waals surface area contributed by atoms with Gasteiger partial charge < -0.3 is 10.6 Å². The Morgan fingerprint density at radius 2 is 2.12 bits per heavy atom. The number of benzene rings is 1. The molecule has 0 radical (unpaired) electrons. The van der Waals surface area contributed by atoms with Crippen molar-refractivity contribution in [1.82, 2.24) is 0 Å². The van der Waals surface area contributed by atoms with E-state index in [4.69, 9.17) is 5.73 Å². The number of nitrogens with zero attached hydrogens (tertiary/aromatic N) is 1. The van der Waals surface area contributed by atoms with Crippen molar-refractivity contribution in [3.8, 4) is 0 Å². The van der Waals surface area contributed by atoms with Crippen LogP contribution >= 0.6 is 11.8 Å². The van der Waals surface area contributed by atoms with Crippen LogP contribution in [0.4, 0.5) is 5.69 Å². The maximum atomic E-state index is 6.03. The highest BCUT2D eigenvalue weighted by Crippen LogP contribution is 2.25. The molecule has 17 heavy (non-hydrogen) atoms. The molecule has 1 aromatic rings. The summed E-state index contributed by atoms with van der Waals surface area (Å²) in [4.78, 5) is 2.47. The zero-order valence-corrected chi connectivity index (χ0v) is 11.5.